The van der Waals surface area contributed by atoms with Gasteiger partial charge in [-0.2, -0.15) is 0 Å². The first-order valence-electron chi connectivity index (χ1n) is 9.88. The third-order valence-electron chi connectivity index (χ3n) is 4.31. The minimum atomic E-state index is -0.984. The van der Waals surface area contributed by atoms with E-state index in [2.05, 4.69) is 12.1 Å². The summed E-state index contributed by atoms with van der Waals surface area (Å²) >= 11 is 0. The van der Waals surface area contributed by atoms with Crippen molar-refractivity contribution in [3.05, 3.63) is 65.7 Å². The van der Waals surface area contributed by atoms with Gasteiger partial charge in [-0.25, -0.2) is 4.79 Å². The molecule has 0 spiro atoms. The van der Waals surface area contributed by atoms with Crippen LogP contribution >= 0.6 is 0 Å². The molecule has 5 nitrogen and oxygen atoms in total. The van der Waals surface area contributed by atoms with Crippen LogP contribution in [0.15, 0.2) is 59.8 Å². The van der Waals surface area contributed by atoms with E-state index in [0.717, 1.165) is 17.5 Å². The maximum atomic E-state index is 11.5. The molecule has 1 unspecified atom stereocenters. The summed E-state index contributed by atoms with van der Waals surface area (Å²) in [6, 6.07) is 16.6. The van der Waals surface area contributed by atoms with Gasteiger partial charge in [-0.3, -0.25) is 0 Å². The Kier molecular flexibility index (Phi) is 9.62. The predicted molar refractivity (Wildman–Crippen MR) is 111 cm³/mol. The van der Waals surface area contributed by atoms with Crippen molar-refractivity contribution in [2.24, 2.45) is 5.16 Å². The lowest BCUT2D eigenvalue weighted by Crippen LogP contribution is -2.29. The number of benzene rings is 2. The van der Waals surface area contributed by atoms with Gasteiger partial charge in [0.15, 0.2) is 6.10 Å². The van der Waals surface area contributed by atoms with Gasteiger partial charge in [0.2, 0.25) is 0 Å². The van der Waals surface area contributed by atoms with Crippen molar-refractivity contribution >= 4 is 12.2 Å². The smallest absolute Gasteiger partial charge is 0.345 e. The predicted octanol–water partition coefficient (Wildman–Crippen LogP) is 5.08. The summed E-state index contributed by atoms with van der Waals surface area (Å²) in [7, 11) is 0. The highest BCUT2D eigenvalue weighted by Crippen LogP contribution is 2.16. The Morgan fingerprint density at radius 2 is 1.75 bits per heavy atom. The molecule has 2 rings (SSSR count). The zero-order valence-electron chi connectivity index (χ0n) is 16.4. The van der Waals surface area contributed by atoms with Crippen LogP contribution in [0.4, 0.5) is 0 Å². The molecule has 1 N–H and O–H groups in total. The van der Waals surface area contributed by atoms with Crippen molar-refractivity contribution in [1.82, 2.24) is 0 Å². The third kappa shape index (κ3) is 8.25. The molecule has 2 aromatic rings. The Labute approximate surface area is 167 Å². The maximum Gasteiger partial charge on any atom is 0.345 e. The van der Waals surface area contributed by atoms with Crippen molar-refractivity contribution in [3.63, 3.8) is 0 Å². The van der Waals surface area contributed by atoms with Crippen LogP contribution in [0.3, 0.4) is 0 Å². The monoisotopic (exact) mass is 383 g/mol. The van der Waals surface area contributed by atoms with Crippen LogP contribution in [-0.2, 0) is 16.1 Å². The third-order valence-corrected chi connectivity index (χ3v) is 4.31. The van der Waals surface area contributed by atoms with Gasteiger partial charge in [0.1, 0.15) is 12.4 Å². The molecule has 0 radical (unpaired) electrons. The molecule has 0 aliphatic carbocycles. The fourth-order valence-electron chi connectivity index (χ4n) is 2.73. The molecule has 0 aliphatic heterocycles. The Morgan fingerprint density at radius 3 is 2.43 bits per heavy atom. The van der Waals surface area contributed by atoms with E-state index in [1.54, 1.807) is 18.3 Å². The van der Waals surface area contributed by atoms with E-state index >= 15 is 0 Å². The van der Waals surface area contributed by atoms with Crippen LogP contribution in [0.1, 0.15) is 50.2 Å². The number of carboxylic acids is 1. The highest BCUT2D eigenvalue weighted by Gasteiger charge is 2.19. The Morgan fingerprint density at radius 1 is 1.04 bits per heavy atom. The van der Waals surface area contributed by atoms with Crippen LogP contribution < -0.4 is 4.74 Å². The van der Waals surface area contributed by atoms with Gasteiger partial charge in [-0.1, -0.05) is 61.7 Å². The first-order chi connectivity index (χ1) is 13.7. The lowest BCUT2D eigenvalue weighted by molar-refractivity contribution is -0.145. The molecule has 0 bridgehead atoms. The van der Waals surface area contributed by atoms with Crippen LogP contribution in [-0.4, -0.2) is 30.0 Å². The summed E-state index contributed by atoms with van der Waals surface area (Å²) < 4.78 is 5.65. The van der Waals surface area contributed by atoms with Gasteiger partial charge in [0.05, 0.1) is 6.21 Å². The zero-order valence-corrected chi connectivity index (χ0v) is 16.4. The summed E-state index contributed by atoms with van der Waals surface area (Å²) in [6.07, 6.45) is 6.96. The van der Waals surface area contributed by atoms with E-state index in [1.807, 2.05) is 42.5 Å². The second-order valence-corrected chi connectivity index (χ2v) is 6.69. The highest BCUT2D eigenvalue weighted by atomic mass is 16.6. The number of carboxylic acid groups (broad SMARTS) is 1. The molecule has 1 atom stereocenters. The van der Waals surface area contributed by atoms with Gasteiger partial charge in [0, 0.05) is 6.42 Å². The topological polar surface area (TPSA) is 68.1 Å². The standard InChI is InChI=1S/C23H29NO4/c1-2-3-4-5-9-16-27-24-18-20-12-14-21(15-13-20)28-22(23(25)26)17-19-10-7-6-8-11-19/h6-8,10-15,18,22H,2-5,9,16-17H2,1H3,(H,25,26)/b24-18+. The normalized spacial score (nSPS) is 12.0. The Bertz CT molecular complexity index is 713. The summed E-state index contributed by atoms with van der Waals surface area (Å²) in [5.74, 6) is -0.473. The first-order valence-corrected chi connectivity index (χ1v) is 9.88. The number of unbranched alkanes of at least 4 members (excludes halogenated alkanes) is 4. The summed E-state index contributed by atoms with van der Waals surface area (Å²) in [4.78, 5) is 16.8. The lowest BCUT2D eigenvalue weighted by Gasteiger charge is -2.15. The average Bonchev–Trinajstić information content (AvgIpc) is 2.71. The molecule has 0 amide bonds. The molecule has 28 heavy (non-hydrogen) atoms. The second kappa shape index (κ2) is 12.5. The van der Waals surface area contributed by atoms with Gasteiger partial charge in [-0.05, 0) is 48.2 Å². The fraction of sp³-hybridized carbons (Fsp3) is 0.391. The molecule has 2 aromatic carbocycles. The number of hydrogen-bond donors (Lipinski definition) is 1. The number of rotatable bonds is 13. The van der Waals surface area contributed by atoms with Crippen LogP contribution in [0.25, 0.3) is 0 Å². The molecule has 0 aliphatic rings. The minimum Gasteiger partial charge on any atom is -0.478 e. The zero-order chi connectivity index (χ0) is 20.0. The molecule has 5 heteroatoms. The molecule has 0 aromatic heterocycles. The van der Waals surface area contributed by atoms with Crippen molar-refractivity contribution < 1.29 is 19.5 Å². The largest absolute Gasteiger partial charge is 0.478 e. The lowest BCUT2D eigenvalue weighted by atomic mass is 10.1. The number of carbonyl (C=O) groups is 1. The number of hydrogen-bond acceptors (Lipinski definition) is 4. The van der Waals surface area contributed by atoms with E-state index < -0.39 is 12.1 Å². The van der Waals surface area contributed by atoms with Crippen molar-refractivity contribution in [1.29, 1.82) is 0 Å². The Hall–Kier alpha value is -2.82. The highest BCUT2D eigenvalue weighted by molar-refractivity contribution is 5.79. The molecule has 150 valence electrons. The molecular weight excluding hydrogens is 354 g/mol. The minimum absolute atomic E-state index is 0.311. The van der Waals surface area contributed by atoms with Gasteiger partial charge < -0.3 is 14.7 Å². The van der Waals surface area contributed by atoms with Gasteiger partial charge >= 0.3 is 5.97 Å². The molecular formula is C23H29NO4. The van der Waals surface area contributed by atoms with E-state index in [9.17, 15) is 9.90 Å². The molecule has 0 saturated heterocycles. The number of aliphatic carboxylic acids is 1. The first kappa shape index (κ1) is 21.5. The van der Waals surface area contributed by atoms with Crippen LogP contribution in [0.5, 0.6) is 5.75 Å². The van der Waals surface area contributed by atoms with Crippen molar-refractivity contribution in [3.8, 4) is 5.75 Å². The molecule has 0 fully saturated rings. The maximum absolute atomic E-state index is 11.5. The van der Waals surface area contributed by atoms with Crippen LogP contribution in [0.2, 0.25) is 0 Å². The fourth-order valence-corrected chi connectivity index (χ4v) is 2.73. The molecule has 0 saturated carbocycles. The van der Waals surface area contributed by atoms with E-state index in [1.165, 1.54) is 25.7 Å². The van der Waals surface area contributed by atoms with E-state index in [0.29, 0.717) is 18.8 Å². The Balaban J connectivity index is 1.79. The summed E-state index contributed by atoms with van der Waals surface area (Å²) in [5.41, 5.74) is 1.79. The van der Waals surface area contributed by atoms with E-state index in [-0.39, 0.29) is 0 Å². The number of ether oxygens (including phenoxy) is 1. The molecule has 0 heterocycles. The summed E-state index contributed by atoms with van der Waals surface area (Å²) in [6.45, 7) is 2.82. The van der Waals surface area contributed by atoms with Crippen LogP contribution in [0, 0.1) is 0 Å². The van der Waals surface area contributed by atoms with Crippen molar-refractivity contribution in [2.45, 2.75) is 51.6 Å². The van der Waals surface area contributed by atoms with Gasteiger partial charge in [0.25, 0.3) is 0 Å². The number of oxime groups is 1. The van der Waals surface area contributed by atoms with Crippen molar-refractivity contribution in [2.75, 3.05) is 6.61 Å². The number of nitrogens with zero attached hydrogens (tertiary/aromatic N) is 1. The van der Waals surface area contributed by atoms with Gasteiger partial charge in [-0.15, -0.1) is 0 Å². The SMILES string of the molecule is CCCCCCCO/N=C/c1ccc(OC(Cc2ccccc2)C(=O)O)cc1. The summed E-state index contributed by atoms with van der Waals surface area (Å²) in [5, 5.41) is 13.4. The average molecular weight is 383 g/mol. The quantitative estimate of drug-likeness (QED) is 0.297. The van der Waals surface area contributed by atoms with E-state index in [4.69, 9.17) is 9.57 Å². The second-order valence-electron chi connectivity index (χ2n) is 6.69.